The molecule has 0 aromatic carbocycles. The summed E-state index contributed by atoms with van der Waals surface area (Å²) in [7, 11) is 0. The molecule has 0 aliphatic carbocycles. The Labute approximate surface area is 119 Å². The van der Waals surface area contributed by atoms with E-state index in [4.69, 9.17) is 9.68 Å². The van der Waals surface area contributed by atoms with Gasteiger partial charge in [-0.05, 0) is 10.3 Å². The van der Waals surface area contributed by atoms with E-state index in [0.29, 0.717) is 9.58 Å². The van der Waals surface area contributed by atoms with Crippen LogP contribution in [0.3, 0.4) is 0 Å². The molecule has 0 fully saturated rings. The van der Waals surface area contributed by atoms with Crippen molar-refractivity contribution in [1.29, 1.82) is 0 Å². The Kier molecular flexibility index (Phi) is 2.95. The first-order valence-electron chi connectivity index (χ1n) is 5.46. The van der Waals surface area contributed by atoms with Crippen molar-refractivity contribution in [1.82, 2.24) is 19.8 Å². The number of oxime groups is 2. The first kappa shape index (κ1) is 13.2. The van der Waals surface area contributed by atoms with Crippen LogP contribution in [0.2, 0.25) is 0 Å². The molecule has 3 rings (SSSR count). The lowest BCUT2D eigenvalue weighted by Crippen LogP contribution is -2.18. The third kappa shape index (κ3) is 2.30. The van der Waals surface area contributed by atoms with E-state index in [1.807, 2.05) is 0 Å². The Morgan fingerprint density at radius 1 is 0.864 bits per heavy atom. The van der Waals surface area contributed by atoms with Crippen LogP contribution in [0.25, 0.3) is 0 Å². The summed E-state index contributed by atoms with van der Waals surface area (Å²) in [6.45, 7) is 0. The van der Waals surface area contributed by atoms with E-state index in [-0.39, 0.29) is 23.2 Å². The van der Waals surface area contributed by atoms with Crippen LogP contribution in [-0.4, -0.2) is 41.6 Å². The molecule has 0 atom stereocenters. The van der Waals surface area contributed by atoms with E-state index < -0.39 is 10.1 Å². The summed E-state index contributed by atoms with van der Waals surface area (Å²) in [5.41, 5.74) is 0.0469. The van der Waals surface area contributed by atoms with Crippen molar-refractivity contribution in [2.75, 3.05) is 0 Å². The van der Waals surface area contributed by atoms with Crippen molar-refractivity contribution in [3.63, 3.8) is 0 Å². The van der Waals surface area contributed by atoms with Crippen molar-refractivity contribution in [2.45, 2.75) is 0 Å². The van der Waals surface area contributed by atoms with Crippen LogP contribution in [-0.2, 0) is 9.68 Å². The van der Waals surface area contributed by atoms with Gasteiger partial charge in [0.2, 0.25) is 0 Å². The van der Waals surface area contributed by atoms with Crippen molar-refractivity contribution in [2.24, 2.45) is 10.3 Å². The smallest absolute Gasteiger partial charge is 0.338 e. The standard InChI is InChI=1S/C8H4N8O6/c17-15(18)13-3-1-5(9-13)7-11-22-8(12-21-7)6-2-4-14(10-6)16(19)20/h1-4H. The summed E-state index contributed by atoms with van der Waals surface area (Å²) in [6.07, 6.45) is 2.17. The third-order valence-electron chi connectivity index (χ3n) is 2.35. The number of rotatable bonds is 4. The Bertz CT molecular complexity index is 750. The molecule has 2 aromatic heterocycles. The molecule has 22 heavy (non-hydrogen) atoms. The number of hydrogen-bond acceptors (Lipinski definition) is 10. The van der Waals surface area contributed by atoms with E-state index in [1.54, 1.807) is 0 Å². The van der Waals surface area contributed by atoms with Gasteiger partial charge in [-0.3, -0.25) is 0 Å². The van der Waals surface area contributed by atoms with E-state index in [2.05, 4.69) is 20.5 Å². The minimum absolute atomic E-state index is 0.0234. The molecule has 14 heteroatoms. The van der Waals surface area contributed by atoms with Gasteiger partial charge in [0.1, 0.15) is 12.4 Å². The fourth-order valence-corrected chi connectivity index (χ4v) is 1.43. The number of nitro groups is 2. The highest BCUT2D eigenvalue weighted by molar-refractivity contribution is 5.97. The fraction of sp³-hybridized carbons (Fsp3) is 0. The topological polar surface area (TPSA) is 165 Å². The van der Waals surface area contributed by atoms with E-state index in [1.165, 1.54) is 12.1 Å². The summed E-state index contributed by atoms with van der Waals surface area (Å²) in [5, 5.41) is 33.7. The number of nitrogens with zero attached hydrogens (tertiary/aromatic N) is 8. The lowest BCUT2D eigenvalue weighted by Gasteiger charge is -2.04. The Morgan fingerprint density at radius 3 is 1.55 bits per heavy atom. The summed E-state index contributed by atoms with van der Waals surface area (Å²) >= 11 is 0. The van der Waals surface area contributed by atoms with Gasteiger partial charge in [-0.2, -0.15) is 0 Å². The molecule has 0 spiro atoms. The molecule has 0 saturated heterocycles. The summed E-state index contributed by atoms with van der Waals surface area (Å²) in [5.74, 6) is -0.420. The lowest BCUT2D eigenvalue weighted by atomic mass is 10.4. The zero-order valence-corrected chi connectivity index (χ0v) is 10.3. The molecule has 2 aromatic rings. The molecular weight excluding hydrogens is 304 g/mol. The maximum atomic E-state index is 10.5. The molecule has 0 amide bonds. The van der Waals surface area contributed by atoms with Crippen molar-refractivity contribution in [3.8, 4) is 0 Å². The van der Waals surface area contributed by atoms with E-state index >= 15 is 0 Å². The highest BCUT2D eigenvalue weighted by Gasteiger charge is 2.26. The van der Waals surface area contributed by atoms with Gasteiger partial charge in [0.05, 0.1) is 20.3 Å². The molecule has 0 radical (unpaired) electrons. The van der Waals surface area contributed by atoms with Gasteiger partial charge in [-0.15, -0.1) is 0 Å². The van der Waals surface area contributed by atoms with Gasteiger partial charge in [-0.1, -0.05) is 0 Å². The predicted molar refractivity (Wildman–Crippen MR) is 64.5 cm³/mol. The average Bonchev–Trinajstić information content (AvgIpc) is 3.17. The minimum Gasteiger partial charge on any atom is -0.339 e. The first-order valence-corrected chi connectivity index (χ1v) is 5.46. The maximum absolute atomic E-state index is 10.5. The normalized spacial score (nSPS) is 13.6. The summed E-state index contributed by atoms with van der Waals surface area (Å²) < 4.78 is 0. The molecule has 1 aliphatic rings. The molecule has 14 nitrogen and oxygen atoms in total. The fourth-order valence-electron chi connectivity index (χ4n) is 1.43. The van der Waals surface area contributed by atoms with Gasteiger partial charge < -0.3 is 29.9 Å². The SMILES string of the molecule is O=[N+]([O-])n1ccc(C2=NOC(c3ccn([N+](=O)[O-])n3)=NO2)n1. The van der Waals surface area contributed by atoms with Gasteiger partial charge in [0.15, 0.2) is 0 Å². The van der Waals surface area contributed by atoms with Crippen LogP contribution in [0, 0.1) is 20.2 Å². The van der Waals surface area contributed by atoms with Crippen molar-refractivity contribution in [3.05, 3.63) is 56.1 Å². The van der Waals surface area contributed by atoms with Crippen LogP contribution in [0.15, 0.2) is 34.8 Å². The zero-order chi connectivity index (χ0) is 15.7. The lowest BCUT2D eigenvalue weighted by molar-refractivity contribution is -0.552. The largest absolute Gasteiger partial charge is 0.339 e. The predicted octanol–water partition coefficient (Wildman–Crippen LogP) is -0.771. The number of aromatic nitrogens is 4. The second-order valence-corrected chi connectivity index (χ2v) is 3.69. The maximum Gasteiger partial charge on any atom is 0.338 e. The second-order valence-electron chi connectivity index (χ2n) is 3.69. The number of hydrogen-bond donors (Lipinski definition) is 0. The Hall–Kier alpha value is -3.84. The second kappa shape index (κ2) is 4.93. The van der Waals surface area contributed by atoms with Gasteiger partial charge >= 0.3 is 11.8 Å². The Balaban J connectivity index is 1.75. The molecular formula is C8H4N8O6. The molecule has 0 unspecified atom stereocenters. The van der Waals surface area contributed by atoms with E-state index in [0.717, 1.165) is 12.4 Å². The molecule has 0 N–H and O–H groups in total. The highest BCUT2D eigenvalue weighted by atomic mass is 16.7. The van der Waals surface area contributed by atoms with Crippen molar-refractivity contribution < 1.29 is 19.7 Å². The van der Waals surface area contributed by atoms with Crippen LogP contribution >= 0.6 is 0 Å². The molecule has 1 aliphatic heterocycles. The summed E-state index contributed by atoms with van der Waals surface area (Å²) in [6, 6.07) is 2.54. The third-order valence-corrected chi connectivity index (χ3v) is 2.35. The molecule has 3 heterocycles. The minimum atomic E-state index is -0.757. The van der Waals surface area contributed by atoms with Crippen molar-refractivity contribution >= 4 is 11.8 Å². The molecule has 0 saturated carbocycles. The van der Waals surface area contributed by atoms with E-state index in [9.17, 15) is 20.2 Å². The monoisotopic (exact) mass is 308 g/mol. The molecule has 0 bridgehead atoms. The first-order chi connectivity index (χ1) is 10.5. The zero-order valence-electron chi connectivity index (χ0n) is 10.3. The van der Waals surface area contributed by atoms with Gasteiger partial charge in [-0.25, -0.2) is 0 Å². The highest BCUT2D eigenvalue weighted by Crippen LogP contribution is 2.10. The van der Waals surface area contributed by atoms with Crippen LogP contribution in [0.1, 0.15) is 11.4 Å². The van der Waals surface area contributed by atoms with Crippen LogP contribution in [0.5, 0.6) is 0 Å². The van der Waals surface area contributed by atoms with Crippen LogP contribution < -0.4 is 0 Å². The summed E-state index contributed by atoms with van der Waals surface area (Å²) in [4.78, 5) is 31.7. The Morgan fingerprint density at radius 2 is 1.27 bits per heavy atom. The van der Waals surface area contributed by atoms with Gasteiger partial charge in [0, 0.05) is 21.7 Å². The molecule has 112 valence electrons. The average molecular weight is 308 g/mol. The quantitative estimate of drug-likeness (QED) is 0.524. The van der Waals surface area contributed by atoms with Crippen LogP contribution in [0.4, 0.5) is 0 Å². The van der Waals surface area contributed by atoms with Gasteiger partial charge in [0.25, 0.3) is 11.4 Å².